The number of phenols is 1. The van der Waals surface area contributed by atoms with Gasteiger partial charge < -0.3 is 19.6 Å². The molecular weight excluding hydrogens is 320 g/mol. The molecule has 6 nitrogen and oxygen atoms in total. The van der Waals surface area contributed by atoms with E-state index in [1.807, 2.05) is 26.8 Å². The van der Waals surface area contributed by atoms with Gasteiger partial charge in [0.1, 0.15) is 11.4 Å². The molecule has 1 aromatic rings. The Morgan fingerprint density at radius 2 is 1.96 bits per heavy atom. The van der Waals surface area contributed by atoms with Crippen molar-refractivity contribution < 1.29 is 19.4 Å². The van der Waals surface area contributed by atoms with Crippen LogP contribution < -0.4 is 0 Å². The number of aromatic hydroxyl groups is 1. The Balaban J connectivity index is 1.53. The standard InChI is InChI=1S/C19H26N2O4/c1-19(2,3)25-18(24)20-9-7-13(8-10-20)11-21-12-14-5-4-6-15(22)16(14)17(21)23/h4-6,13,22H,7-12H2,1-3H3. The number of amides is 2. The number of benzene rings is 1. The summed E-state index contributed by atoms with van der Waals surface area (Å²) < 4.78 is 5.41. The fraction of sp³-hybridized carbons (Fsp3) is 0.579. The van der Waals surface area contributed by atoms with Gasteiger partial charge in [0, 0.05) is 26.2 Å². The average Bonchev–Trinajstić information content (AvgIpc) is 2.84. The Kier molecular flexibility index (Phi) is 4.62. The Morgan fingerprint density at radius 1 is 1.28 bits per heavy atom. The van der Waals surface area contributed by atoms with Crippen LogP contribution in [0.25, 0.3) is 0 Å². The Labute approximate surface area is 148 Å². The fourth-order valence-electron chi connectivity index (χ4n) is 3.48. The minimum atomic E-state index is -0.482. The zero-order valence-corrected chi connectivity index (χ0v) is 15.1. The van der Waals surface area contributed by atoms with E-state index in [-0.39, 0.29) is 17.7 Å². The van der Waals surface area contributed by atoms with Gasteiger partial charge in [0.2, 0.25) is 0 Å². The summed E-state index contributed by atoms with van der Waals surface area (Å²) in [5.41, 5.74) is 0.842. The lowest BCUT2D eigenvalue weighted by atomic mass is 9.96. The van der Waals surface area contributed by atoms with Crippen molar-refractivity contribution in [3.05, 3.63) is 29.3 Å². The van der Waals surface area contributed by atoms with Crippen LogP contribution in [0.5, 0.6) is 5.75 Å². The van der Waals surface area contributed by atoms with Crippen molar-refractivity contribution in [3.8, 4) is 5.75 Å². The lowest BCUT2D eigenvalue weighted by Crippen LogP contribution is -2.43. The normalized spacial score (nSPS) is 18.4. The summed E-state index contributed by atoms with van der Waals surface area (Å²) in [5.74, 6) is 0.325. The lowest BCUT2D eigenvalue weighted by molar-refractivity contribution is 0.0167. The van der Waals surface area contributed by atoms with Crippen molar-refractivity contribution in [2.24, 2.45) is 5.92 Å². The molecule has 136 valence electrons. The summed E-state index contributed by atoms with van der Waals surface area (Å²) in [5, 5.41) is 9.91. The number of hydrogen-bond acceptors (Lipinski definition) is 4. The Morgan fingerprint density at radius 3 is 2.56 bits per heavy atom. The monoisotopic (exact) mass is 346 g/mol. The first-order chi connectivity index (χ1) is 11.7. The molecule has 1 fully saturated rings. The van der Waals surface area contributed by atoms with Crippen molar-refractivity contribution in [3.63, 3.8) is 0 Å². The molecule has 0 unspecified atom stereocenters. The number of carbonyl (C=O) groups is 2. The summed E-state index contributed by atoms with van der Waals surface area (Å²) in [4.78, 5) is 28.2. The maximum atomic E-state index is 12.5. The van der Waals surface area contributed by atoms with E-state index >= 15 is 0 Å². The second-order valence-electron chi connectivity index (χ2n) is 7.91. The molecule has 3 rings (SSSR count). The van der Waals surface area contributed by atoms with Crippen LogP contribution in [0.1, 0.15) is 49.5 Å². The molecule has 0 aromatic heterocycles. The van der Waals surface area contributed by atoms with Crippen LogP contribution >= 0.6 is 0 Å². The van der Waals surface area contributed by atoms with E-state index in [0.717, 1.165) is 18.4 Å². The third-order valence-corrected chi connectivity index (χ3v) is 4.74. The summed E-state index contributed by atoms with van der Waals surface area (Å²) >= 11 is 0. The predicted octanol–water partition coefficient (Wildman–Crippen LogP) is 3.00. The number of carbonyl (C=O) groups excluding carboxylic acids is 2. The first-order valence-corrected chi connectivity index (χ1v) is 8.82. The Hall–Kier alpha value is -2.24. The maximum Gasteiger partial charge on any atom is 0.410 e. The van der Waals surface area contributed by atoms with Crippen LogP contribution in [0.2, 0.25) is 0 Å². The SMILES string of the molecule is CC(C)(C)OC(=O)N1CCC(CN2Cc3cccc(O)c3C2=O)CC1. The van der Waals surface area contributed by atoms with Crippen LogP contribution in [0.4, 0.5) is 4.79 Å². The molecule has 1 N–H and O–H groups in total. The van der Waals surface area contributed by atoms with Gasteiger partial charge in [-0.1, -0.05) is 12.1 Å². The topological polar surface area (TPSA) is 70.1 Å². The fourth-order valence-corrected chi connectivity index (χ4v) is 3.48. The highest BCUT2D eigenvalue weighted by Crippen LogP contribution is 2.31. The van der Waals surface area contributed by atoms with E-state index in [9.17, 15) is 14.7 Å². The quantitative estimate of drug-likeness (QED) is 0.894. The van der Waals surface area contributed by atoms with E-state index in [1.165, 1.54) is 0 Å². The third kappa shape index (κ3) is 3.89. The molecule has 0 atom stereocenters. The van der Waals surface area contributed by atoms with Crippen LogP contribution in [0.3, 0.4) is 0 Å². The van der Waals surface area contributed by atoms with Gasteiger partial charge in [-0.2, -0.15) is 0 Å². The third-order valence-electron chi connectivity index (χ3n) is 4.74. The van der Waals surface area contributed by atoms with Crippen molar-refractivity contribution in [1.29, 1.82) is 0 Å². The smallest absolute Gasteiger partial charge is 0.410 e. The summed E-state index contributed by atoms with van der Waals surface area (Å²) in [7, 11) is 0. The molecule has 0 aliphatic carbocycles. The zero-order valence-electron chi connectivity index (χ0n) is 15.1. The van der Waals surface area contributed by atoms with Gasteiger partial charge in [-0.05, 0) is 51.2 Å². The van der Waals surface area contributed by atoms with Crippen molar-refractivity contribution >= 4 is 12.0 Å². The molecule has 0 bridgehead atoms. The highest BCUT2D eigenvalue weighted by molar-refractivity contribution is 6.00. The molecule has 2 heterocycles. The van der Waals surface area contributed by atoms with Crippen LogP contribution in [0, 0.1) is 5.92 Å². The number of hydrogen-bond donors (Lipinski definition) is 1. The molecule has 0 radical (unpaired) electrons. The van der Waals surface area contributed by atoms with E-state index in [1.54, 1.807) is 21.9 Å². The maximum absolute atomic E-state index is 12.5. The number of phenolic OH excluding ortho intramolecular Hbond substituents is 1. The first kappa shape index (κ1) is 17.6. The molecule has 2 aliphatic heterocycles. The zero-order chi connectivity index (χ0) is 18.2. The van der Waals surface area contributed by atoms with Gasteiger partial charge in [-0.15, -0.1) is 0 Å². The van der Waals surface area contributed by atoms with Crippen molar-refractivity contribution in [1.82, 2.24) is 9.80 Å². The minimum absolute atomic E-state index is 0.0599. The highest BCUT2D eigenvalue weighted by Gasteiger charge is 2.33. The van der Waals surface area contributed by atoms with Crippen LogP contribution in [-0.4, -0.2) is 52.1 Å². The first-order valence-electron chi connectivity index (χ1n) is 8.82. The molecule has 1 saturated heterocycles. The molecule has 0 spiro atoms. The van der Waals surface area contributed by atoms with Crippen molar-refractivity contribution in [2.75, 3.05) is 19.6 Å². The molecule has 2 amide bonds. The Bertz CT molecular complexity index is 672. The van der Waals surface area contributed by atoms with Gasteiger partial charge in [0.15, 0.2) is 0 Å². The van der Waals surface area contributed by atoms with Gasteiger partial charge in [0.25, 0.3) is 5.91 Å². The van der Waals surface area contributed by atoms with Crippen LogP contribution in [0.15, 0.2) is 18.2 Å². The van der Waals surface area contributed by atoms with Gasteiger partial charge >= 0.3 is 6.09 Å². The van der Waals surface area contributed by atoms with Gasteiger partial charge in [-0.3, -0.25) is 4.79 Å². The van der Waals surface area contributed by atoms with Gasteiger partial charge in [0.05, 0.1) is 5.56 Å². The molecule has 25 heavy (non-hydrogen) atoms. The van der Waals surface area contributed by atoms with E-state index in [4.69, 9.17) is 4.74 Å². The molecule has 6 heteroatoms. The number of rotatable bonds is 2. The number of nitrogens with zero attached hydrogens (tertiary/aromatic N) is 2. The second kappa shape index (κ2) is 6.58. The number of likely N-dealkylation sites (tertiary alicyclic amines) is 1. The van der Waals surface area contributed by atoms with Crippen molar-refractivity contribution in [2.45, 2.75) is 45.8 Å². The van der Waals surface area contributed by atoms with E-state index in [0.29, 0.717) is 37.7 Å². The largest absolute Gasteiger partial charge is 0.507 e. The minimum Gasteiger partial charge on any atom is -0.507 e. The molecule has 1 aromatic carbocycles. The van der Waals surface area contributed by atoms with Crippen LogP contribution in [-0.2, 0) is 11.3 Å². The average molecular weight is 346 g/mol. The summed E-state index contributed by atoms with van der Waals surface area (Å²) in [6.07, 6.45) is 1.44. The van der Waals surface area contributed by atoms with E-state index in [2.05, 4.69) is 0 Å². The molecule has 0 saturated carbocycles. The summed E-state index contributed by atoms with van der Waals surface area (Å²) in [6, 6.07) is 5.21. The lowest BCUT2D eigenvalue weighted by Gasteiger charge is -2.34. The highest BCUT2D eigenvalue weighted by atomic mass is 16.6. The number of fused-ring (bicyclic) bond motifs is 1. The second-order valence-corrected chi connectivity index (χ2v) is 7.91. The predicted molar refractivity (Wildman–Crippen MR) is 93.4 cm³/mol. The molecular formula is C19H26N2O4. The molecule has 2 aliphatic rings. The number of piperidine rings is 1. The van der Waals surface area contributed by atoms with Gasteiger partial charge in [-0.25, -0.2) is 4.79 Å². The van der Waals surface area contributed by atoms with E-state index < -0.39 is 5.60 Å². The number of ether oxygens (including phenoxy) is 1. The summed E-state index contributed by atoms with van der Waals surface area (Å²) in [6.45, 7) is 8.11.